The van der Waals surface area contributed by atoms with E-state index in [1.54, 1.807) is 13.1 Å². The molecule has 1 amide bonds. The molecule has 0 atom stereocenters. The number of amides is 1. The van der Waals surface area contributed by atoms with Crippen LogP contribution >= 0.6 is 15.9 Å². The number of oxazole rings is 1. The van der Waals surface area contributed by atoms with Gasteiger partial charge in [0.2, 0.25) is 0 Å². The molecule has 2 aromatic heterocycles. The zero-order valence-corrected chi connectivity index (χ0v) is 19.8. The summed E-state index contributed by atoms with van der Waals surface area (Å²) in [7, 11) is 1.56. The number of aromatic nitrogens is 2. The van der Waals surface area contributed by atoms with Crippen LogP contribution in [0, 0.1) is 6.92 Å². The number of carbonyl (C=O) groups is 1. The normalized spacial score (nSPS) is 14.9. The maximum absolute atomic E-state index is 13.0. The Balaban J connectivity index is 1.54. The molecule has 9 heteroatoms. The highest BCUT2D eigenvalue weighted by molar-refractivity contribution is 9.10. The van der Waals surface area contributed by atoms with Gasteiger partial charge in [0.25, 0.3) is 11.5 Å². The van der Waals surface area contributed by atoms with E-state index in [1.165, 1.54) is 10.6 Å². The summed E-state index contributed by atoms with van der Waals surface area (Å²) < 4.78 is 7.83. The van der Waals surface area contributed by atoms with Crippen LogP contribution in [0.25, 0.3) is 22.0 Å². The Morgan fingerprint density at radius 1 is 1.24 bits per heavy atom. The first-order valence-corrected chi connectivity index (χ1v) is 11.5. The molecule has 0 saturated carbocycles. The molecular weight excluding hydrogens is 488 g/mol. The van der Waals surface area contributed by atoms with Crippen molar-refractivity contribution in [3.63, 3.8) is 0 Å². The van der Waals surface area contributed by atoms with Gasteiger partial charge in [0, 0.05) is 37.5 Å². The number of carbonyl (C=O) groups excluding carboxylic acids is 1. The summed E-state index contributed by atoms with van der Waals surface area (Å²) >= 11 is 3.35. The second kappa shape index (κ2) is 7.91. The Kier molecular flexibility index (Phi) is 5.16. The van der Waals surface area contributed by atoms with Crippen LogP contribution in [0.15, 0.2) is 44.0 Å². The number of hydrogen-bond acceptors (Lipinski definition) is 6. The van der Waals surface area contributed by atoms with Gasteiger partial charge in [0.15, 0.2) is 11.5 Å². The molecule has 3 N–H and O–H groups in total. The predicted octanol–water partition coefficient (Wildman–Crippen LogP) is 3.94. The number of anilines is 1. The maximum atomic E-state index is 13.0. The fourth-order valence-electron chi connectivity index (χ4n) is 4.66. The number of phenolic OH excluding ortho intramolecular Hbond substituents is 1. The molecule has 0 aliphatic carbocycles. The van der Waals surface area contributed by atoms with E-state index >= 15 is 0 Å². The molecule has 4 aromatic rings. The van der Waals surface area contributed by atoms with Crippen molar-refractivity contribution in [2.24, 2.45) is 12.8 Å². The molecule has 8 nitrogen and oxygen atoms in total. The number of piperidine rings is 1. The third-order valence-corrected chi connectivity index (χ3v) is 7.04. The number of benzene rings is 2. The number of hydrogen-bond donors (Lipinski definition) is 2. The first-order valence-electron chi connectivity index (χ1n) is 10.7. The monoisotopic (exact) mass is 510 g/mol. The molecule has 0 bridgehead atoms. The van der Waals surface area contributed by atoms with E-state index in [-0.39, 0.29) is 17.2 Å². The number of rotatable bonds is 3. The molecule has 3 heterocycles. The number of phenols is 1. The van der Waals surface area contributed by atoms with Gasteiger partial charge in [-0.3, -0.25) is 9.59 Å². The lowest BCUT2D eigenvalue weighted by atomic mass is 9.95. The molecule has 0 radical (unpaired) electrons. The summed E-state index contributed by atoms with van der Waals surface area (Å²) in [5.41, 5.74) is 8.92. The second-order valence-corrected chi connectivity index (χ2v) is 9.41. The highest BCUT2D eigenvalue weighted by Crippen LogP contribution is 2.38. The molecule has 1 fully saturated rings. The SMILES string of the molecule is Cc1ccc2oc(C3CCN(c4c(C(N)=O)c(=O)n(C)c5cc(O)c(Br)cc45)CC3)nc2c1. The molecule has 1 aliphatic rings. The van der Waals surface area contributed by atoms with Crippen LogP contribution in [0.5, 0.6) is 5.75 Å². The van der Waals surface area contributed by atoms with Gasteiger partial charge < -0.3 is 24.7 Å². The summed E-state index contributed by atoms with van der Waals surface area (Å²) in [5, 5.41) is 10.8. The Morgan fingerprint density at radius 2 is 1.97 bits per heavy atom. The molecule has 5 rings (SSSR count). The minimum Gasteiger partial charge on any atom is -0.507 e. The van der Waals surface area contributed by atoms with Gasteiger partial charge in [-0.15, -0.1) is 0 Å². The molecule has 2 aromatic carbocycles. The second-order valence-electron chi connectivity index (χ2n) is 8.56. The minimum absolute atomic E-state index is 0.0141. The van der Waals surface area contributed by atoms with Crippen LogP contribution in [0.4, 0.5) is 5.69 Å². The van der Waals surface area contributed by atoms with E-state index in [2.05, 4.69) is 15.9 Å². The van der Waals surface area contributed by atoms with Gasteiger partial charge in [0.1, 0.15) is 16.8 Å². The zero-order chi connectivity index (χ0) is 23.4. The number of halogens is 1. The van der Waals surface area contributed by atoms with Gasteiger partial charge in [0.05, 0.1) is 15.7 Å². The lowest BCUT2D eigenvalue weighted by Gasteiger charge is -2.34. The van der Waals surface area contributed by atoms with Gasteiger partial charge in [-0.25, -0.2) is 4.98 Å². The number of nitrogens with two attached hydrogens (primary N) is 1. The van der Waals surface area contributed by atoms with Crippen molar-refractivity contribution in [3.05, 3.63) is 62.2 Å². The highest BCUT2D eigenvalue weighted by Gasteiger charge is 2.30. The van der Waals surface area contributed by atoms with Crippen LogP contribution in [0.1, 0.15) is 40.6 Å². The Labute approximate surface area is 197 Å². The predicted molar refractivity (Wildman–Crippen MR) is 130 cm³/mol. The minimum atomic E-state index is -0.770. The summed E-state index contributed by atoms with van der Waals surface area (Å²) in [6.45, 7) is 3.22. The van der Waals surface area contributed by atoms with Crippen molar-refractivity contribution in [3.8, 4) is 5.75 Å². The van der Waals surface area contributed by atoms with Gasteiger partial charge in [-0.1, -0.05) is 6.07 Å². The van der Waals surface area contributed by atoms with Gasteiger partial charge >= 0.3 is 0 Å². The highest BCUT2D eigenvalue weighted by atomic mass is 79.9. The molecule has 33 heavy (non-hydrogen) atoms. The average molecular weight is 511 g/mol. The van der Waals surface area contributed by atoms with E-state index in [0.717, 1.165) is 29.5 Å². The van der Waals surface area contributed by atoms with Crippen LogP contribution in [0.2, 0.25) is 0 Å². The first-order chi connectivity index (χ1) is 15.7. The van der Waals surface area contributed by atoms with Crippen LogP contribution < -0.4 is 16.2 Å². The fraction of sp³-hybridized carbons (Fsp3) is 0.292. The number of aromatic hydroxyl groups is 1. The standard InChI is InChI=1S/C24H23BrN4O4/c1-12-3-4-19-16(9-12)27-23(33-19)13-5-7-29(8-6-13)21-14-10-15(25)18(30)11-17(14)28(2)24(32)20(21)22(26)31/h3-4,9-11,13,30H,5-8H2,1-2H3,(H2,26,31). The molecule has 0 spiro atoms. The van der Waals surface area contributed by atoms with Crippen LogP contribution in [-0.4, -0.2) is 33.7 Å². The summed E-state index contributed by atoms with van der Waals surface area (Å²) in [5.74, 6) is 0.0970. The molecule has 1 aliphatic heterocycles. The van der Waals surface area contributed by atoms with Crippen molar-refractivity contribution in [1.29, 1.82) is 0 Å². The molecule has 0 unspecified atom stereocenters. The van der Waals surface area contributed by atoms with Crippen molar-refractivity contribution < 1.29 is 14.3 Å². The third-order valence-electron chi connectivity index (χ3n) is 6.40. The van der Waals surface area contributed by atoms with Gasteiger partial charge in [-0.2, -0.15) is 0 Å². The van der Waals surface area contributed by atoms with Crippen molar-refractivity contribution in [2.45, 2.75) is 25.7 Å². The van der Waals surface area contributed by atoms with E-state index in [0.29, 0.717) is 40.0 Å². The van der Waals surface area contributed by atoms with Crippen LogP contribution in [-0.2, 0) is 7.05 Å². The van der Waals surface area contributed by atoms with E-state index < -0.39 is 11.5 Å². The summed E-state index contributed by atoms with van der Waals surface area (Å²) in [6, 6.07) is 9.19. The van der Waals surface area contributed by atoms with E-state index in [4.69, 9.17) is 15.1 Å². The Bertz CT molecular complexity index is 1480. The maximum Gasteiger partial charge on any atom is 0.265 e. The largest absolute Gasteiger partial charge is 0.507 e. The molecule has 170 valence electrons. The Morgan fingerprint density at radius 3 is 2.67 bits per heavy atom. The number of nitrogens with zero attached hydrogens (tertiary/aromatic N) is 3. The average Bonchev–Trinajstić information content (AvgIpc) is 3.20. The number of aryl methyl sites for hydroxylation is 2. The number of primary amides is 1. The summed E-state index contributed by atoms with van der Waals surface area (Å²) in [4.78, 5) is 32.1. The number of pyridine rings is 1. The fourth-order valence-corrected chi connectivity index (χ4v) is 5.00. The molecule has 1 saturated heterocycles. The topological polar surface area (TPSA) is 115 Å². The van der Waals surface area contributed by atoms with Crippen LogP contribution in [0.3, 0.4) is 0 Å². The summed E-state index contributed by atoms with van der Waals surface area (Å²) in [6.07, 6.45) is 1.50. The quantitative estimate of drug-likeness (QED) is 0.431. The third kappa shape index (κ3) is 3.56. The van der Waals surface area contributed by atoms with Crippen molar-refractivity contribution in [1.82, 2.24) is 9.55 Å². The van der Waals surface area contributed by atoms with E-state index in [1.807, 2.05) is 30.0 Å². The molecular formula is C24H23BrN4O4. The van der Waals surface area contributed by atoms with Crippen molar-refractivity contribution in [2.75, 3.05) is 18.0 Å². The van der Waals surface area contributed by atoms with E-state index in [9.17, 15) is 14.7 Å². The smallest absolute Gasteiger partial charge is 0.265 e. The Hall–Kier alpha value is -3.33. The zero-order valence-electron chi connectivity index (χ0n) is 18.3. The lowest BCUT2D eigenvalue weighted by molar-refractivity contribution is 0.0999. The number of fused-ring (bicyclic) bond motifs is 2. The lowest BCUT2D eigenvalue weighted by Crippen LogP contribution is -2.38. The van der Waals surface area contributed by atoms with Crippen molar-refractivity contribution >= 4 is 49.5 Å². The van der Waals surface area contributed by atoms with Gasteiger partial charge in [-0.05, 0) is 59.5 Å². The first kappa shape index (κ1) is 21.5.